The van der Waals surface area contributed by atoms with Gasteiger partial charge in [0.2, 0.25) is 0 Å². The van der Waals surface area contributed by atoms with Gasteiger partial charge in [0.05, 0.1) is 30.0 Å². The average Bonchev–Trinajstić information content (AvgIpc) is 3.22. The Hall–Kier alpha value is -2.00. The SMILES string of the molecule is COc1cc(OC)c(Cl)c(-c2cc3cnc(SC)nc3c(NCC3CCCN3C)n2)c1Cl. The van der Waals surface area contributed by atoms with Crippen LogP contribution >= 0.6 is 35.0 Å². The normalized spacial score (nSPS) is 16.5. The quantitative estimate of drug-likeness (QED) is 0.353. The van der Waals surface area contributed by atoms with Gasteiger partial charge in [0.25, 0.3) is 0 Å². The summed E-state index contributed by atoms with van der Waals surface area (Å²) in [6.45, 7) is 1.87. The molecule has 4 rings (SSSR count). The standard InChI is InChI=1S/C22H25Cl2N5O2S/c1-29-7-5-6-13(29)11-25-21-20-12(10-26-22(28-20)32-4)8-14(27-21)17-18(23)15(30-2)9-16(31-3)19(17)24/h8-10,13H,5-7,11H2,1-4H3,(H,25,27). The summed E-state index contributed by atoms with van der Waals surface area (Å²) in [7, 11) is 5.25. The fraction of sp³-hybridized carbons (Fsp3) is 0.409. The van der Waals surface area contributed by atoms with Gasteiger partial charge in [0, 0.05) is 35.8 Å². The summed E-state index contributed by atoms with van der Waals surface area (Å²) >= 11 is 14.8. The van der Waals surface area contributed by atoms with Gasteiger partial charge >= 0.3 is 0 Å². The Morgan fingerprint density at radius 1 is 1.16 bits per heavy atom. The molecule has 0 saturated carbocycles. The van der Waals surface area contributed by atoms with Crippen molar-refractivity contribution in [1.29, 1.82) is 0 Å². The number of likely N-dealkylation sites (N-methyl/N-ethyl adjacent to an activating group) is 1. The van der Waals surface area contributed by atoms with Crippen molar-refractivity contribution in [1.82, 2.24) is 19.9 Å². The van der Waals surface area contributed by atoms with Crippen molar-refractivity contribution in [3.63, 3.8) is 0 Å². The zero-order valence-electron chi connectivity index (χ0n) is 18.4. The van der Waals surface area contributed by atoms with Crippen LogP contribution in [0.25, 0.3) is 22.2 Å². The van der Waals surface area contributed by atoms with Crippen molar-refractivity contribution in [3.05, 3.63) is 28.4 Å². The maximum absolute atomic E-state index is 6.66. The number of anilines is 1. The van der Waals surface area contributed by atoms with E-state index in [1.165, 1.54) is 18.2 Å². The van der Waals surface area contributed by atoms with Crippen LogP contribution in [0.5, 0.6) is 11.5 Å². The minimum atomic E-state index is 0.369. The van der Waals surface area contributed by atoms with E-state index < -0.39 is 0 Å². The maximum Gasteiger partial charge on any atom is 0.187 e. The van der Waals surface area contributed by atoms with Gasteiger partial charge in [-0.25, -0.2) is 15.0 Å². The monoisotopic (exact) mass is 493 g/mol. The van der Waals surface area contributed by atoms with Crippen LogP contribution in [-0.2, 0) is 0 Å². The molecule has 1 saturated heterocycles. The minimum Gasteiger partial charge on any atom is -0.495 e. The third-order valence-electron chi connectivity index (χ3n) is 5.73. The molecule has 1 fully saturated rings. The van der Waals surface area contributed by atoms with E-state index in [2.05, 4.69) is 22.2 Å². The third kappa shape index (κ3) is 4.41. The largest absolute Gasteiger partial charge is 0.495 e. The van der Waals surface area contributed by atoms with Crippen LogP contribution in [0.4, 0.5) is 5.82 Å². The fourth-order valence-corrected chi connectivity index (χ4v) is 4.97. The fourth-order valence-electron chi connectivity index (χ4n) is 3.94. The van der Waals surface area contributed by atoms with Gasteiger partial charge in [0.1, 0.15) is 17.0 Å². The molecule has 0 bridgehead atoms. The van der Waals surface area contributed by atoms with E-state index in [4.69, 9.17) is 42.6 Å². The lowest BCUT2D eigenvalue weighted by molar-refractivity contribution is 0.322. The smallest absolute Gasteiger partial charge is 0.187 e. The minimum absolute atomic E-state index is 0.369. The number of fused-ring (bicyclic) bond motifs is 1. The number of halogens is 2. The van der Waals surface area contributed by atoms with Crippen LogP contribution in [0.2, 0.25) is 10.0 Å². The maximum atomic E-state index is 6.66. The Balaban J connectivity index is 1.86. The number of hydrogen-bond donors (Lipinski definition) is 1. The van der Waals surface area contributed by atoms with Gasteiger partial charge in [-0.05, 0) is 38.8 Å². The van der Waals surface area contributed by atoms with Gasteiger partial charge in [0.15, 0.2) is 11.0 Å². The number of hydrogen-bond acceptors (Lipinski definition) is 8. The molecule has 10 heteroatoms. The first-order valence-electron chi connectivity index (χ1n) is 10.2. The molecule has 1 aliphatic rings. The number of pyridine rings is 1. The molecular weight excluding hydrogens is 469 g/mol. The molecule has 1 N–H and O–H groups in total. The van der Waals surface area contributed by atoms with Gasteiger partial charge in [-0.15, -0.1) is 0 Å². The first-order chi connectivity index (χ1) is 15.5. The van der Waals surface area contributed by atoms with Crippen LogP contribution in [-0.4, -0.2) is 66.5 Å². The Morgan fingerprint density at radius 3 is 2.47 bits per heavy atom. The lowest BCUT2D eigenvalue weighted by Gasteiger charge is -2.21. The van der Waals surface area contributed by atoms with E-state index in [1.807, 2.05) is 12.3 Å². The first-order valence-corrected chi connectivity index (χ1v) is 12.2. The van der Waals surface area contributed by atoms with E-state index in [0.29, 0.717) is 49.8 Å². The average molecular weight is 494 g/mol. The van der Waals surface area contributed by atoms with E-state index in [0.717, 1.165) is 30.4 Å². The number of ether oxygens (including phenoxy) is 2. The van der Waals surface area contributed by atoms with Crippen LogP contribution in [0.15, 0.2) is 23.5 Å². The highest BCUT2D eigenvalue weighted by atomic mass is 35.5. The molecule has 1 unspecified atom stereocenters. The highest BCUT2D eigenvalue weighted by molar-refractivity contribution is 7.98. The Morgan fingerprint density at radius 2 is 1.88 bits per heavy atom. The highest BCUT2D eigenvalue weighted by Crippen LogP contribution is 2.46. The molecule has 0 amide bonds. The van der Waals surface area contributed by atoms with Crippen molar-refractivity contribution >= 4 is 51.7 Å². The molecule has 32 heavy (non-hydrogen) atoms. The molecule has 170 valence electrons. The number of nitrogens with zero attached hydrogens (tertiary/aromatic N) is 4. The first kappa shape index (κ1) is 23.2. The summed E-state index contributed by atoms with van der Waals surface area (Å²) < 4.78 is 10.9. The highest BCUT2D eigenvalue weighted by Gasteiger charge is 2.23. The topological polar surface area (TPSA) is 72.4 Å². The van der Waals surface area contributed by atoms with Crippen LogP contribution in [0, 0.1) is 0 Å². The molecule has 0 aliphatic carbocycles. The molecule has 1 aliphatic heterocycles. The lowest BCUT2D eigenvalue weighted by atomic mass is 10.1. The number of benzene rings is 1. The van der Waals surface area contributed by atoms with Crippen molar-refractivity contribution in [2.45, 2.75) is 24.0 Å². The molecule has 3 heterocycles. The van der Waals surface area contributed by atoms with E-state index in [1.54, 1.807) is 26.5 Å². The Kier molecular flexibility index (Phi) is 7.14. The van der Waals surface area contributed by atoms with Gasteiger partial charge in [-0.3, -0.25) is 0 Å². The second-order valence-corrected chi connectivity index (χ2v) is 9.12. The summed E-state index contributed by atoms with van der Waals surface area (Å²) in [5.41, 5.74) is 1.89. The third-order valence-corrected chi connectivity index (χ3v) is 7.05. The van der Waals surface area contributed by atoms with Crippen molar-refractivity contribution in [2.75, 3.05) is 45.9 Å². The van der Waals surface area contributed by atoms with Crippen LogP contribution < -0.4 is 14.8 Å². The number of thioether (sulfide) groups is 1. The summed E-state index contributed by atoms with van der Waals surface area (Å²) in [5.74, 6) is 1.59. The van der Waals surface area contributed by atoms with Gasteiger partial charge < -0.3 is 19.7 Å². The zero-order valence-corrected chi connectivity index (χ0v) is 20.7. The number of nitrogens with one attached hydrogen (secondary N) is 1. The lowest BCUT2D eigenvalue weighted by Crippen LogP contribution is -2.31. The van der Waals surface area contributed by atoms with E-state index in [-0.39, 0.29) is 0 Å². The molecule has 3 aromatic rings. The summed E-state index contributed by atoms with van der Waals surface area (Å²) in [5, 5.41) is 5.78. The van der Waals surface area contributed by atoms with Crippen LogP contribution in [0.1, 0.15) is 12.8 Å². The van der Waals surface area contributed by atoms with Crippen LogP contribution in [0.3, 0.4) is 0 Å². The number of aromatic nitrogens is 3. The number of methoxy groups -OCH3 is 2. The zero-order chi connectivity index (χ0) is 22.8. The predicted molar refractivity (Wildman–Crippen MR) is 132 cm³/mol. The Bertz CT molecular complexity index is 1120. The Labute approximate surface area is 201 Å². The summed E-state index contributed by atoms with van der Waals surface area (Å²) in [6.07, 6.45) is 6.10. The van der Waals surface area contributed by atoms with Gasteiger partial charge in [-0.1, -0.05) is 35.0 Å². The van der Waals surface area contributed by atoms with Crippen molar-refractivity contribution in [3.8, 4) is 22.8 Å². The molecule has 1 atom stereocenters. The second-order valence-electron chi connectivity index (χ2n) is 7.59. The molecule has 2 aromatic heterocycles. The molecular formula is C22H25Cl2N5O2S. The summed E-state index contributed by atoms with van der Waals surface area (Å²) in [4.78, 5) is 16.4. The molecule has 7 nitrogen and oxygen atoms in total. The van der Waals surface area contributed by atoms with Crippen molar-refractivity contribution < 1.29 is 9.47 Å². The van der Waals surface area contributed by atoms with Gasteiger partial charge in [-0.2, -0.15) is 0 Å². The number of likely N-dealkylation sites (tertiary alicyclic amines) is 1. The second kappa shape index (κ2) is 9.87. The van der Waals surface area contributed by atoms with E-state index in [9.17, 15) is 0 Å². The predicted octanol–water partition coefficient (Wildman–Crippen LogP) is 5.24. The molecule has 1 aromatic carbocycles. The van der Waals surface area contributed by atoms with Crippen molar-refractivity contribution in [2.24, 2.45) is 0 Å². The number of rotatable bonds is 7. The van der Waals surface area contributed by atoms with E-state index >= 15 is 0 Å². The molecule has 0 spiro atoms. The molecule has 0 radical (unpaired) electrons. The summed E-state index contributed by atoms with van der Waals surface area (Å²) in [6, 6.07) is 4.00.